The van der Waals surface area contributed by atoms with Crippen LogP contribution in [0.5, 0.6) is 0 Å². The van der Waals surface area contributed by atoms with Gasteiger partial charge in [-0.25, -0.2) is 4.79 Å². The van der Waals surface area contributed by atoms with E-state index in [1.807, 2.05) is 0 Å². The second-order valence-corrected chi connectivity index (χ2v) is 4.61. The molecule has 1 rings (SSSR count). The summed E-state index contributed by atoms with van der Waals surface area (Å²) in [7, 11) is 0. The predicted molar refractivity (Wildman–Crippen MR) is 72.9 cm³/mol. The van der Waals surface area contributed by atoms with Crippen LogP contribution < -0.4 is 10.6 Å². The molecule has 0 unspecified atom stereocenters. The van der Waals surface area contributed by atoms with E-state index in [2.05, 4.69) is 6.92 Å². The van der Waals surface area contributed by atoms with E-state index in [1.165, 1.54) is 4.90 Å². The van der Waals surface area contributed by atoms with E-state index in [-0.39, 0.29) is 0 Å². The quantitative estimate of drug-likeness (QED) is 0.809. The van der Waals surface area contributed by atoms with Crippen molar-refractivity contribution < 1.29 is 4.79 Å². The van der Waals surface area contributed by atoms with Crippen LogP contribution in [0.15, 0.2) is 18.2 Å². The molecule has 0 fully saturated rings. The van der Waals surface area contributed by atoms with E-state index < -0.39 is 6.03 Å². The molecular formula is C12H16Cl2N2O. The lowest BCUT2D eigenvalue weighted by Gasteiger charge is -2.20. The summed E-state index contributed by atoms with van der Waals surface area (Å²) in [5, 5.41) is 0.888. The van der Waals surface area contributed by atoms with Crippen LogP contribution in [0.3, 0.4) is 0 Å². The molecule has 5 heteroatoms. The molecule has 0 bridgehead atoms. The number of nitrogens with two attached hydrogens (primary N) is 1. The van der Waals surface area contributed by atoms with E-state index in [9.17, 15) is 4.79 Å². The van der Waals surface area contributed by atoms with E-state index in [0.29, 0.717) is 22.3 Å². The van der Waals surface area contributed by atoms with Gasteiger partial charge < -0.3 is 5.73 Å². The topological polar surface area (TPSA) is 46.3 Å². The highest BCUT2D eigenvalue weighted by Crippen LogP contribution is 2.27. The van der Waals surface area contributed by atoms with E-state index in [4.69, 9.17) is 28.9 Å². The molecule has 94 valence electrons. The summed E-state index contributed by atoms with van der Waals surface area (Å²) in [5.41, 5.74) is 6.03. The zero-order chi connectivity index (χ0) is 12.8. The number of primary amides is 1. The fraction of sp³-hybridized carbons (Fsp3) is 0.417. The first kappa shape index (κ1) is 14.1. The van der Waals surface area contributed by atoms with Crippen molar-refractivity contribution >= 4 is 34.9 Å². The number of anilines is 1. The first-order chi connectivity index (χ1) is 8.06. The minimum Gasteiger partial charge on any atom is -0.351 e. The fourth-order valence-corrected chi connectivity index (χ4v) is 1.83. The molecule has 0 spiro atoms. The van der Waals surface area contributed by atoms with Gasteiger partial charge in [0.25, 0.3) is 0 Å². The number of amides is 2. The van der Waals surface area contributed by atoms with Crippen molar-refractivity contribution in [3.05, 3.63) is 28.2 Å². The Morgan fingerprint density at radius 2 is 2.00 bits per heavy atom. The number of carbonyl (C=O) groups excluding carboxylic acids is 1. The van der Waals surface area contributed by atoms with Gasteiger partial charge in [-0.05, 0) is 24.6 Å². The molecule has 0 atom stereocenters. The molecule has 2 amide bonds. The van der Waals surface area contributed by atoms with Crippen molar-refractivity contribution in [1.82, 2.24) is 0 Å². The summed E-state index contributed by atoms with van der Waals surface area (Å²) in [5.74, 6) is 0. The van der Waals surface area contributed by atoms with Gasteiger partial charge in [-0.2, -0.15) is 0 Å². The molecule has 0 aliphatic heterocycles. The number of halogens is 2. The fourth-order valence-electron chi connectivity index (χ4n) is 1.54. The molecule has 3 nitrogen and oxygen atoms in total. The van der Waals surface area contributed by atoms with Crippen LogP contribution in [0, 0.1) is 0 Å². The lowest BCUT2D eigenvalue weighted by atomic mass is 10.2. The van der Waals surface area contributed by atoms with Crippen molar-refractivity contribution in [3.8, 4) is 0 Å². The van der Waals surface area contributed by atoms with Gasteiger partial charge in [-0.1, -0.05) is 43.0 Å². The molecule has 17 heavy (non-hydrogen) atoms. The number of hydrogen-bond acceptors (Lipinski definition) is 1. The van der Waals surface area contributed by atoms with E-state index in [1.54, 1.807) is 18.2 Å². The van der Waals surface area contributed by atoms with Crippen LogP contribution in [0.25, 0.3) is 0 Å². The number of benzene rings is 1. The molecular weight excluding hydrogens is 259 g/mol. The molecule has 2 N–H and O–H groups in total. The van der Waals surface area contributed by atoms with Crippen molar-refractivity contribution in [2.45, 2.75) is 26.2 Å². The third kappa shape index (κ3) is 4.10. The van der Waals surface area contributed by atoms with Crippen molar-refractivity contribution in [2.24, 2.45) is 5.73 Å². The van der Waals surface area contributed by atoms with Gasteiger partial charge >= 0.3 is 6.03 Å². The Labute approximate surface area is 111 Å². The van der Waals surface area contributed by atoms with Crippen molar-refractivity contribution in [2.75, 3.05) is 11.4 Å². The highest BCUT2D eigenvalue weighted by atomic mass is 35.5. The average Bonchev–Trinajstić information content (AvgIpc) is 2.28. The lowest BCUT2D eigenvalue weighted by molar-refractivity contribution is 0.253. The summed E-state index contributed by atoms with van der Waals surface area (Å²) < 4.78 is 0. The number of unbranched alkanes of at least 4 members (excludes halogenated alkanes) is 2. The second-order valence-electron chi connectivity index (χ2n) is 3.80. The predicted octanol–water partition coefficient (Wildman–Crippen LogP) is 4.07. The van der Waals surface area contributed by atoms with Crippen LogP contribution in [0.2, 0.25) is 10.0 Å². The zero-order valence-electron chi connectivity index (χ0n) is 9.75. The maximum atomic E-state index is 11.4. The van der Waals surface area contributed by atoms with E-state index >= 15 is 0 Å². The summed E-state index contributed by atoms with van der Waals surface area (Å²) in [6.07, 6.45) is 3.07. The van der Waals surface area contributed by atoms with Gasteiger partial charge in [0.05, 0.1) is 10.0 Å². The van der Waals surface area contributed by atoms with Gasteiger partial charge in [0.15, 0.2) is 0 Å². The molecule has 0 aromatic heterocycles. The summed E-state index contributed by atoms with van der Waals surface area (Å²) >= 11 is 11.7. The Balaban J connectivity index is 2.82. The van der Waals surface area contributed by atoms with Gasteiger partial charge in [0.1, 0.15) is 0 Å². The third-order valence-corrected chi connectivity index (χ3v) is 3.21. The molecule has 0 aliphatic rings. The Morgan fingerprint density at radius 3 is 2.53 bits per heavy atom. The summed E-state index contributed by atoms with van der Waals surface area (Å²) in [6.45, 7) is 2.70. The monoisotopic (exact) mass is 274 g/mol. The Hall–Kier alpha value is -0.930. The van der Waals surface area contributed by atoms with Crippen LogP contribution in [0.4, 0.5) is 10.5 Å². The zero-order valence-corrected chi connectivity index (χ0v) is 11.3. The SMILES string of the molecule is CCCCCN(C(N)=O)c1ccc(Cl)c(Cl)c1. The molecule has 0 radical (unpaired) electrons. The largest absolute Gasteiger partial charge is 0.351 e. The highest BCUT2D eigenvalue weighted by Gasteiger charge is 2.12. The normalized spacial score (nSPS) is 10.3. The van der Waals surface area contributed by atoms with Crippen LogP contribution in [0.1, 0.15) is 26.2 Å². The molecule has 0 aliphatic carbocycles. The number of rotatable bonds is 5. The Morgan fingerprint density at radius 1 is 1.29 bits per heavy atom. The molecule has 0 saturated carbocycles. The second kappa shape index (κ2) is 6.72. The Kier molecular flexibility index (Phi) is 5.59. The number of nitrogens with zero attached hydrogens (tertiary/aromatic N) is 1. The van der Waals surface area contributed by atoms with Crippen molar-refractivity contribution in [1.29, 1.82) is 0 Å². The summed E-state index contributed by atoms with van der Waals surface area (Å²) in [6, 6.07) is 4.58. The van der Waals surface area contributed by atoms with Crippen LogP contribution in [-0.2, 0) is 0 Å². The molecule has 0 heterocycles. The molecule has 1 aromatic carbocycles. The van der Waals surface area contributed by atoms with Gasteiger partial charge in [0.2, 0.25) is 0 Å². The van der Waals surface area contributed by atoms with Gasteiger partial charge in [-0.3, -0.25) is 4.90 Å². The van der Waals surface area contributed by atoms with E-state index in [0.717, 1.165) is 19.3 Å². The van der Waals surface area contributed by atoms with Gasteiger partial charge in [-0.15, -0.1) is 0 Å². The molecule has 1 aromatic rings. The Bertz CT molecular complexity index is 396. The number of urea groups is 1. The van der Waals surface area contributed by atoms with Crippen LogP contribution in [-0.4, -0.2) is 12.6 Å². The first-order valence-corrected chi connectivity index (χ1v) is 6.34. The minimum atomic E-state index is -0.473. The maximum Gasteiger partial charge on any atom is 0.319 e. The average molecular weight is 275 g/mol. The third-order valence-electron chi connectivity index (χ3n) is 2.47. The molecule has 0 saturated heterocycles. The van der Waals surface area contributed by atoms with Gasteiger partial charge in [0, 0.05) is 12.2 Å². The first-order valence-electron chi connectivity index (χ1n) is 5.58. The highest BCUT2D eigenvalue weighted by molar-refractivity contribution is 6.42. The maximum absolute atomic E-state index is 11.4. The van der Waals surface area contributed by atoms with Crippen LogP contribution >= 0.6 is 23.2 Å². The lowest BCUT2D eigenvalue weighted by Crippen LogP contribution is -2.36. The number of carbonyl (C=O) groups is 1. The van der Waals surface area contributed by atoms with Crippen molar-refractivity contribution in [3.63, 3.8) is 0 Å². The minimum absolute atomic E-state index is 0.422. The summed E-state index contributed by atoms with van der Waals surface area (Å²) in [4.78, 5) is 12.9. The number of hydrogen-bond donors (Lipinski definition) is 1. The smallest absolute Gasteiger partial charge is 0.319 e. The standard InChI is InChI=1S/C12H16Cl2N2O/c1-2-3-4-7-16(12(15)17)9-5-6-10(13)11(14)8-9/h5-6,8H,2-4,7H2,1H3,(H2,15,17).